The van der Waals surface area contributed by atoms with Crippen LogP contribution in [0.1, 0.15) is 38.7 Å². The molecular weight excluding hydrogens is 258 g/mol. The van der Waals surface area contributed by atoms with Crippen LogP contribution < -0.4 is 10.1 Å². The van der Waals surface area contributed by atoms with E-state index in [9.17, 15) is 0 Å². The Bertz CT molecular complexity index is 447. The largest absolute Gasteiger partial charge is 0.495 e. The number of anilines is 1. The second-order valence-electron chi connectivity index (χ2n) is 5.95. The third-order valence-corrected chi connectivity index (χ3v) is 4.69. The molecule has 19 heavy (non-hydrogen) atoms. The number of halogens is 1. The normalized spacial score (nSPS) is 27.1. The Balaban J connectivity index is 2.19. The van der Waals surface area contributed by atoms with Crippen molar-refractivity contribution in [2.45, 2.75) is 46.1 Å². The fourth-order valence-electron chi connectivity index (χ4n) is 2.88. The van der Waals surface area contributed by atoms with Gasteiger partial charge in [-0.2, -0.15) is 0 Å². The average Bonchev–Trinajstić information content (AvgIpc) is 2.38. The van der Waals surface area contributed by atoms with Gasteiger partial charge in [0.1, 0.15) is 5.75 Å². The van der Waals surface area contributed by atoms with Crippen LogP contribution >= 0.6 is 11.6 Å². The Labute approximate surface area is 121 Å². The molecule has 1 fully saturated rings. The van der Waals surface area contributed by atoms with Crippen molar-refractivity contribution in [1.82, 2.24) is 0 Å². The van der Waals surface area contributed by atoms with E-state index in [0.717, 1.165) is 27.9 Å². The smallest absolute Gasteiger partial charge is 0.143 e. The van der Waals surface area contributed by atoms with Crippen LogP contribution in [0.2, 0.25) is 5.02 Å². The maximum absolute atomic E-state index is 6.15. The van der Waals surface area contributed by atoms with Crippen LogP contribution in [0.3, 0.4) is 0 Å². The van der Waals surface area contributed by atoms with Gasteiger partial charge in [-0.1, -0.05) is 31.9 Å². The number of hydrogen-bond donors (Lipinski definition) is 1. The number of hydrogen-bond acceptors (Lipinski definition) is 2. The third kappa shape index (κ3) is 3.36. The molecule has 0 amide bonds. The van der Waals surface area contributed by atoms with Gasteiger partial charge < -0.3 is 10.1 Å². The number of rotatable bonds is 3. The summed E-state index contributed by atoms with van der Waals surface area (Å²) in [4.78, 5) is 0. The minimum Gasteiger partial charge on any atom is -0.495 e. The molecule has 0 spiro atoms. The van der Waals surface area contributed by atoms with Crippen molar-refractivity contribution in [2.24, 2.45) is 11.8 Å². The molecule has 2 nitrogen and oxygen atoms in total. The monoisotopic (exact) mass is 281 g/mol. The third-order valence-electron chi connectivity index (χ3n) is 4.28. The van der Waals surface area contributed by atoms with E-state index in [0.29, 0.717) is 12.0 Å². The summed E-state index contributed by atoms with van der Waals surface area (Å²) in [6, 6.07) is 4.52. The van der Waals surface area contributed by atoms with Crippen LogP contribution in [0.25, 0.3) is 0 Å². The quantitative estimate of drug-likeness (QED) is 0.851. The van der Waals surface area contributed by atoms with Gasteiger partial charge in [-0.05, 0) is 43.2 Å². The highest BCUT2D eigenvalue weighted by atomic mass is 35.5. The summed E-state index contributed by atoms with van der Waals surface area (Å²) in [5, 5.41) is 4.42. The lowest BCUT2D eigenvalue weighted by Gasteiger charge is -2.34. The van der Waals surface area contributed by atoms with E-state index in [1.807, 2.05) is 13.0 Å². The molecule has 3 heteroatoms. The van der Waals surface area contributed by atoms with E-state index < -0.39 is 0 Å². The van der Waals surface area contributed by atoms with Crippen LogP contribution in [0.5, 0.6) is 5.75 Å². The van der Waals surface area contributed by atoms with Gasteiger partial charge >= 0.3 is 0 Å². The first-order chi connectivity index (χ1) is 9.01. The highest BCUT2D eigenvalue weighted by molar-refractivity contribution is 6.31. The summed E-state index contributed by atoms with van der Waals surface area (Å²) in [6.07, 6.45) is 3.87. The van der Waals surface area contributed by atoms with Crippen molar-refractivity contribution < 1.29 is 4.74 Å². The van der Waals surface area contributed by atoms with Gasteiger partial charge in [0.2, 0.25) is 0 Å². The van der Waals surface area contributed by atoms with Gasteiger partial charge in [0, 0.05) is 17.1 Å². The van der Waals surface area contributed by atoms with E-state index in [1.54, 1.807) is 7.11 Å². The second kappa shape index (κ2) is 6.04. The Morgan fingerprint density at radius 3 is 2.68 bits per heavy atom. The maximum Gasteiger partial charge on any atom is 0.143 e. The molecule has 1 aliphatic carbocycles. The molecule has 0 radical (unpaired) electrons. The zero-order chi connectivity index (χ0) is 14.0. The first-order valence-electron chi connectivity index (χ1n) is 7.12. The van der Waals surface area contributed by atoms with Crippen molar-refractivity contribution in [3.8, 4) is 5.75 Å². The number of aryl methyl sites for hydroxylation is 1. The minimum absolute atomic E-state index is 0.526. The predicted molar refractivity (Wildman–Crippen MR) is 82.3 cm³/mol. The van der Waals surface area contributed by atoms with Crippen molar-refractivity contribution in [1.29, 1.82) is 0 Å². The maximum atomic E-state index is 6.15. The van der Waals surface area contributed by atoms with Crippen molar-refractivity contribution in [3.63, 3.8) is 0 Å². The zero-order valence-corrected chi connectivity index (χ0v) is 13.1. The molecule has 1 aromatic carbocycles. The Morgan fingerprint density at radius 1 is 1.26 bits per heavy atom. The lowest BCUT2D eigenvalue weighted by Crippen LogP contribution is -2.33. The fraction of sp³-hybridized carbons (Fsp3) is 0.625. The first-order valence-corrected chi connectivity index (χ1v) is 7.49. The minimum atomic E-state index is 0.526. The number of nitrogens with one attached hydrogen (secondary N) is 1. The van der Waals surface area contributed by atoms with E-state index in [4.69, 9.17) is 16.3 Å². The zero-order valence-electron chi connectivity index (χ0n) is 12.3. The SMILES string of the molecule is COc1cc(Cl)c(C)cc1NC1CC(C)CCC1C. The van der Waals surface area contributed by atoms with Crippen LogP contribution in [-0.2, 0) is 0 Å². The van der Waals surface area contributed by atoms with E-state index in [2.05, 4.69) is 25.2 Å². The number of methoxy groups -OCH3 is 1. The fourth-order valence-corrected chi connectivity index (χ4v) is 3.03. The van der Waals surface area contributed by atoms with E-state index >= 15 is 0 Å². The summed E-state index contributed by atoms with van der Waals surface area (Å²) in [6.45, 7) is 6.70. The molecule has 1 aliphatic rings. The molecule has 106 valence electrons. The summed E-state index contributed by atoms with van der Waals surface area (Å²) in [7, 11) is 1.69. The Morgan fingerprint density at radius 2 is 2.00 bits per heavy atom. The molecule has 0 heterocycles. The number of ether oxygens (including phenoxy) is 1. The lowest BCUT2D eigenvalue weighted by atomic mass is 9.80. The van der Waals surface area contributed by atoms with Gasteiger partial charge in [0.05, 0.1) is 12.8 Å². The molecule has 1 N–H and O–H groups in total. The molecular formula is C16H24ClNO. The first kappa shape index (κ1) is 14.5. The van der Waals surface area contributed by atoms with Gasteiger partial charge in [0.15, 0.2) is 0 Å². The standard InChI is InChI=1S/C16H24ClNO/c1-10-5-6-11(2)14(7-10)18-15-8-12(3)13(17)9-16(15)19-4/h8-11,14,18H,5-7H2,1-4H3. The van der Waals surface area contributed by atoms with Crippen molar-refractivity contribution in [3.05, 3.63) is 22.7 Å². The van der Waals surface area contributed by atoms with Gasteiger partial charge in [-0.25, -0.2) is 0 Å². The van der Waals surface area contributed by atoms with Crippen LogP contribution in [0.15, 0.2) is 12.1 Å². The molecule has 0 aliphatic heterocycles. The van der Waals surface area contributed by atoms with E-state index in [-0.39, 0.29) is 0 Å². The van der Waals surface area contributed by atoms with Crippen LogP contribution in [0.4, 0.5) is 5.69 Å². The average molecular weight is 282 g/mol. The highest BCUT2D eigenvalue weighted by Gasteiger charge is 2.26. The van der Waals surface area contributed by atoms with Crippen molar-refractivity contribution in [2.75, 3.05) is 12.4 Å². The van der Waals surface area contributed by atoms with Crippen LogP contribution in [0, 0.1) is 18.8 Å². The molecule has 3 atom stereocenters. The van der Waals surface area contributed by atoms with Gasteiger partial charge in [0.25, 0.3) is 0 Å². The van der Waals surface area contributed by atoms with Gasteiger partial charge in [-0.3, -0.25) is 0 Å². The van der Waals surface area contributed by atoms with Crippen LogP contribution in [-0.4, -0.2) is 13.2 Å². The number of benzene rings is 1. The summed E-state index contributed by atoms with van der Waals surface area (Å²) < 4.78 is 5.44. The molecule has 1 saturated carbocycles. The topological polar surface area (TPSA) is 21.3 Å². The summed E-state index contributed by atoms with van der Waals surface area (Å²) in [5.41, 5.74) is 2.15. The molecule has 3 unspecified atom stereocenters. The van der Waals surface area contributed by atoms with Crippen molar-refractivity contribution >= 4 is 17.3 Å². The summed E-state index contributed by atoms with van der Waals surface area (Å²) in [5.74, 6) is 2.34. The molecule has 2 rings (SSSR count). The lowest BCUT2D eigenvalue weighted by molar-refractivity contribution is 0.280. The second-order valence-corrected chi connectivity index (χ2v) is 6.36. The Hall–Kier alpha value is -0.890. The molecule has 0 aromatic heterocycles. The molecule has 0 saturated heterocycles. The molecule has 1 aromatic rings. The summed E-state index contributed by atoms with van der Waals surface area (Å²) >= 11 is 6.15. The molecule has 0 bridgehead atoms. The highest BCUT2D eigenvalue weighted by Crippen LogP contribution is 2.35. The predicted octanol–water partition coefficient (Wildman–Crippen LogP) is 4.89. The van der Waals surface area contributed by atoms with E-state index in [1.165, 1.54) is 19.3 Å². The Kier molecular flexibility index (Phi) is 4.62. The van der Waals surface area contributed by atoms with Gasteiger partial charge in [-0.15, -0.1) is 0 Å².